The summed E-state index contributed by atoms with van der Waals surface area (Å²) in [5.74, 6) is -0.668. The number of esters is 1. The van der Waals surface area contributed by atoms with E-state index in [1.54, 1.807) is 0 Å². The second-order valence-corrected chi connectivity index (χ2v) is 7.74. The van der Waals surface area contributed by atoms with E-state index < -0.39 is 17.7 Å². The van der Waals surface area contributed by atoms with Crippen LogP contribution in [-0.4, -0.2) is 18.5 Å². The summed E-state index contributed by atoms with van der Waals surface area (Å²) < 4.78 is 24.5. The van der Waals surface area contributed by atoms with Crippen LogP contribution in [0.3, 0.4) is 0 Å². The molecule has 6 heteroatoms. The number of carbonyl (C=O) groups excluding carboxylic acids is 2. The minimum Gasteiger partial charge on any atom is -0.489 e. The van der Waals surface area contributed by atoms with E-state index in [2.05, 4.69) is 0 Å². The van der Waals surface area contributed by atoms with Gasteiger partial charge >= 0.3 is 5.97 Å². The Balaban J connectivity index is 1.40. The lowest BCUT2D eigenvalue weighted by molar-refractivity contribution is -0.136. The first-order valence-corrected chi connectivity index (χ1v) is 10.4. The van der Waals surface area contributed by atoms with Gasteiger partial charge in [0.25, 0.3) is 0 Å². The molecule has 0 spiro atoms. The smallest absolute Gasteiger partial charge is 0.336 e. The first-order valence-electron chi connectivity index (χ1n) is 10.4. The van der Waals surface area contributed by atoms with E-state index in [-0.39, 0.29) is 18.9 Å². The number of rotatable bonds is 5. The molecular weight excluding hydrogens is 409 g/mol. The highest BCUT2D eigenvalue weighted by atomic mass is 19.1. The van der Waals surface area contributed by atoms with Gasteiger partial charge in [0.15, 0.2) is 0 Å². The van der Waals surface area contributed by atoms with Crippen molar-refractivity contribution >= 4 is 17.6 Å². The Morgan fingerprint density at radius 1 is 0.938 bits per heavy atom. The van der Waals surface area contributed by atoms with E-state index in [9.17, 15) is 14.0 Å². The van der Waals surface area contributed by atoms with Crippen LogP contribution in [0, 0.1) is 5.82 Å². The summed E-state index contributed by atoms with van der Waals surface area (Å²) >= 11 is 0. The Hall–Kier alpha value is -3.93. The van der Waals surface area contributed by atoms with Crippen LogP contribution in [0.4, 0.5) is 10.1 Å². The Kier molecular flexibility index (Phi) is 5.19. The molecule has 0 N–H and O–H groups in total. The number of cyclic esters (lactones) is 1. The molecule has 0 bridgehead atoms. The lowest BCUT2D eigenvalue weighted by Gasteiger charge is -2.31. The Bertz CT molecular complexity index is 1190. The highest BCUT2D eigenvalue weighted by Gasteiger charge is 2.42. The number of hydrogen-bond donors (Lipinski definition) is 0. The number of nitrogens with zero attached hydrogens (tertiary/aromatic N) is 1. The van der Waals surface area contributed by atoms with Gasteiger partial charge in [0.2, 0.25) is 5.91 Å². The molecule has 0 fully saturated rings. The third-order valence-electron chi connectivity index (χ3n) is 5.73. The lowest BCUT2D eigenvalue weighted by Crippen LogP contribution is -2.37. The van der Waals surface area contributed by atoms with E-state index in [1.807, 2.05) is 54.6 Å². The molecule has 5 rings (SSSR count). The van der Waals surface area contributed by atoms with Crippen LogP contribution >= 0.6 is 0 Å². The molecule has 1 atom stereocenters. The molecule has 160 valence electrons. The summed E-state index contributed by atoms with van der Waals surface area (Å²) in [7, 11) is 0. The number of carbonyl (C=O) groups is 2. The van der Waals surface area contributed by atoms with Crippen molar-refractivity contribution in [2.45, 2.75) is 18.9 Å². The summed E-state index contributed by atoms with van der Waals surface area (Å²) in [6.45, 7) is 0.475. The maximum absolute atomic E-state index is 13.3. The average Bonchev–Trinajstić information content (AvgIpc) is 3.20. The third-order valence-corrected chi connectivity index (χ3v) is 5.73. The number of halogens is 1. The standard InChI is InChI=1S/C26H20FNO4/c27-19-8-10-20(11-9-19)28-23-16-32-26(30)25(23)22(14-24(28)29)18-6-12-21(13-7-18)31-15-17-4-2-1-3-5-17/h1-13,22H,14-16H2. The topological polar surface area (TPSA) is 55.8 Å². The molecule has 1 unspecified atom stereocenters. The second kappa shape index (κ2) is 8.30. The van der Waals surface area contributed by atoms with E-state index in [1.165, 1.54) is 29.2 Å². The fourth-order valence-electron chi connectivity index (χ4n) is 4.17. The molecular formula is C26H20FNO4. The van der Waals surface area contributed by atoms with Gasteiger partial charge in [-0.3, -0.25) is 9.69 Å². The van der Waals surface area contributed by atoms with Crippen LogP contribution < -0.4 is 9.64 Å². The highest BCUT2D eigenvalue weighted by Crippen LogP contribution is 2.42. The first-order chi connectivity index (χ1) is 15.6. The van der Waals surface area contributed by atoms with Crippen molar-refractivity contribution < 1.29 is 23.5 Å². The molecule has 5 nitrogen and oxygen atoms in total. The van der Waals surface area contributed by atoms with Crippen LogP contribution in [0.1, 0.15) is 23.5 Å². The average molecular weight is 429 g/mol. The zero-order valence-corrected chi connectivity index (χ0v) is 17.2. The summed E-state index contributed by atoms with van der Waals surface area (Å²) in [5.41, 5.74) is 3.43. The normalized spacial score (nSPS) is 17.9. The van der Waals surface area contributed by atoms with Gasteiger partial charge in [0, 0.05) is 18.0 Å². The highest BCUT2D eigenvalue weighted by molar-refractivity contribution is 6.06. The second-order valence-electron chi connectivity index (χ2n) is 7.74. The number of benzene rings is 3. The van der Waals surface area contributed by atoms with Gasteiger partial charge in [-0.2, -0.15) is 0 Å². The summed E-state index contributed by atoms with van der Waals surface area (Å²) in [6.07, 6.45) is 0.121. The predicted octanol–water partition coefficient (Wildman–Crippen LogP) is 4.74. The molecule has 32 heavy (non-hydrogen) atoms. The monoisotopic (exact) mass is 429 g/mol. The molecule has 0 aliphatic carbocycles. The van der Waals surface area contributed by atoms with Gasteiger partial charge in [0.1, 0.15) is 24.8 Å². The number of hydrogen-bond acceptors (Lipinski definition) is 4. The molecule has 0 radical (unpaired) electrons. The maximum atomic E-state index is 13.3. The van der Waals surface area contributed by atoms with Crippen LogP contribution in [0.5, 0.6) is 5.75 Å². The Morgan fingerprint density at radius 2 is 1.66 bits per heavy atom. The summed E-state index contributed by atoms with van der Waals surface area (Å²) in [5, 5.41) is 0. The fourth-order valence-corrected chi connectivity index (χ4v) is 4.17. The summed E-state index contributed by atoms with van der Waals surface area (Å²) in [6, 6.07) is 22.9. The van der Waals surface area contributed by atoms with E-state index in [4.69, 9.17) is 9.47 Å². The van der Waals surface area contributed by atoms with E-state index in [0.717, 1.165) is 11.1 Å². The van der Waals surface area contributed by atoms with Crippen molar-refractivity contribution in [1.82, 2.24) is 0 Å². The van der Waals surface area contributed by atoms with E-state index >= 15 is 0 Å². The molecule has 0 saturated carbocycles. The quantitative estimate of drug-likeness (QED) is 0.550. The zero-order chi connectivity index (χ0) is 22.1. The van der Waals surface area contributed by atoms with Crippen molar-refractivity contribution in [3.63, 3.8) is 0 Å². The van der Waals surface area contributed by atoms with Crippen LogP contribution in [-0.2, 0) is 20.9 Å². The SMILES string of the molecule is O=C1OCC2=C1C(c1ccc(OCc3ccccc3)cc1)CC(=O)N2c1ccc(F)cc1. The number of ether oxygens (including phenoxy) is 2. The van der Waals surface area contributed by atoms with E-state index in [0.29, 0.717) is 29.3 Å². The predicted molar refractivity (Wildman–Crippen MR) is 116 cm³/mol. The van der Waals surface area contributed by atoms with Crippen molar-refractivity contribution in [3.05, 3.63) is 107 Å². The van der Waals surface area contributed by atoms with Gasteiger partial charge in [-0.25, -0.2) is 9.18 Å². The molecule has 3 aromatic carbocycles. The Morgan fingerprint density at radius 3 is 2.38 bits per heavy atom. The lowest BCUT2D eigenvalue weighted by atomic mass is 9.84. The van der Waals surface area contributed by atoms with Crippen LogP contribution in [0.2, 0.25) is 0 Å². The number of anilines is 1. The zero-order valence-electron chi connectivity index (χ0n) is 17.2. The van der Waals surface area contributed by atoms with Crippen LogP contribution in [0.15, 0.2) is 90.1 Å². The minimum atomic E-state index is -0.422. The maximum Gasteiger partial charge on any atom is 0.336 e. The molecule has 3 aromatic rings. The van der Waals surface area contributed by atoms with Gasteiger partial charge in [-0.1, -0.05) is 42.5 Å². The molecule has 2 aliphatic heterocycles. The van der Waals surface area contributed by atoms with Gasteiger partial charge in [-0.05, 0) is 47.5 Å². The number of amides is 1. The first kappa shape index (κ1) is 20.0. The van der Waals surface area contributed by atoms with Crippen molar-refractivity contribution in [3.8, 4) is 5.75 Å². The van der Waals surface area contributed by atoms with Crippen molar-refractivity contribution in [2.24, 2.45) is 0 Å². The molecule has 1 amide bonds. The minimum absolute atomic E-state index is 0.0199. The Labute approximate surface area is 184 Å². The largest absolute Gasteiger partial charge is 0.489 e. The van der Waals surface area contributed by atoms with Crippen molar-refractivity contribution in [2.75, 3.05) is 11.5 Å². The van der Waals surface area contributed by atoms with Crippen molar-refractivity contribution in [1.29, 1.82) is 0 Å². The van der Waals surface area contributed by atoms with Gasteiger partial charge in [0.05, 0.1) is 11.3 Å². The van der Waals surface area contributed by atoms with Gasteiger partial charge in [-0.15, -0.1) is 0 Å². The molecule has 0 saturated heterocycles. The molecule has 2 aliphatic rings. The van der Waals surface area contributed by atoms with Gasteiger partial charge < -0.3 is 9.47 Å². The molecule has 0 aromatic heterocycles. The summed E-state index contributed by atoms with van der Waals surface area (Å²) in [4.78, 5) is 27.1. The molecule has 2 heterocycles. The fraction of sp³-hybridized carbons (Fsp3) is 0.154. The third kappa shape index (κ3) is 3.75. The van der Waals surface area contributed by atoms with Crippen LogP contribution in [0.25, 0.3) is 0 Å².